The molecule has 1 N–H and O–H groups in total. The second kappa shape index (κ2) is 6.58. The quantitative estimate of drug-likeness (QED) is 0.857. The topological polar surface area (TPSA) is 79.7 Å². The third-order valence-corrected chi connectivity index (χ3v) is 4.60. The molecule has 1 amide bonds. The normalized spacial score (nSPS) is 19.6. The van der Waals surface area contributed by atoms with Gasteiger partial charge in [-0.1, -0.05) is 20.8 Å². The number of carboxylic acids is 1. The summed E-state index contributed by atoms with van der Waals surface area (Å²) in [5.74, 6) is -1.25. The second-order valence-corrected chi connectivity index (χ2v) is 7.20. The van der Waals surface area contributed by atoms with Crippen molar-refractivity contribution in [2.75, 3.05) is 19.7 Å². The molecule has 2 rings (SSSR count). The minimum atomic E-state index is -1.04. The molecule has 1 unspecified atom stereocenters. The van der Waals surface area contributed by atoms with Crippen LogP contribution >= 0.6 is 11.3 Å². The van der Waals surface area contributed by atoms with Crippen LogP contribution in [0, 0.1) is 0 Å². The van der Waals surface area contributed by atoms with E-state index in [0.29, 0.717) is 6.54 Å². The molecule has 1 atom stereocenters. The third kappa shape index (κ3) is 4.14. The van der Waals surface area contributed by atoms with E-state index in [1.165, 1.54) is 11.0 Å². The predicted molar refractivity (Wildman–Crippen MR) is 83.8 cm³/mol. The molecule has 0 saturated carbocycles. The Morgan fingerprint density at radius 3 is 2.82 bits per heavy atom. The lowest BCUT2D eigenvalue weighted by Gasteiger charge is -2.30. The number of carbonyl (C=O) groups excluding carboxylic acids is 1. The summed E-state index contributed by atoms with van der Waals surface area (Å²) < 4.78 is 5.10. The first-order valence-corrected chi connectivity index (χ1v) is 7.87. The summed E-state index contributed by atoms with van der Waals surface area (Å²) in [5, 5.41) is 9.95. The molecule has 1 aromatic rings. The van der Waals surface area contributed by atoms with Gasteiger partial charge in [0.15, 0.2) is 6.10 Å². The number of hydrogen-bond donors (Lipinski definition) is 1. The molecule has 0 spiro atoms. The fourth-order valence-corrected chi connectivity index (χ4v) is 2.84. The van der Waals surface area contributed by atoms with Gasteiger partial charge in [-0.05, 0) is 6.08 Å². The lowest BCUT2D eigenvalue weighted by Crippen LogP contribution is -2.48. The van der Waals surface area contributed by atoms with E-state index < -0.39 is 12.1 Å². The van der Waals surface area contributed by atoms with E-state index in [9.17, 15) is 9.59 Å². The molecule has 1 saturated heterocycles. The number of carboxylic acid groups (broad SMARTS) is 1. The fourth-order valence-electron chi connectivity index (χ4n) is 1.97. The van der Waals surface area contributed by atoms with Crippen molar-refractivity contribution in [1.29, 1.82) is 0 Å². The van der Waals surface area contributed by atoms with Crippen LogP contribution in [0.2, 0.25) is 0 Å². The van der Waals surface area contributed by atoms with Crippen molar-refractivity contribution in [3.05, 3.63) is 22.2 Å². The number of nitrogens with zero attached hydrogens (tertiary/aromatic N) is 2. The molecule has 0 radical (unpaired) electrons. The van der Waals surface area contributed by atoms with Gasteiger partial charge < -0.3 is 14.7 Å². The van der Waals surface area contributed by atoms with Gasteiger partial charge in [-0.3, -0.25) is 4.79 Å². The van der Waals surface area contributed by atoms with Crippen molar-refractivity contribution in [3.8, 4) is 0 Å². The Hall–Kier alpha value is -1.73. The number of ether oxygens (including phenoxy) is 1. The van der Waals surface area contributed by atoms with E-state index >= 15 is 0 Å². The Labute approximate surface area is 133 Å². The van der Waals surface area contributed by atoms with Crippen molar-refractivity contribution in [2.45, 2.75) is 32.3 Å². The average Bonchev–Trinajstić information content (AvgIpc) is 2.94. The number of thiazole rings is 1. The van der Waals surface area contributed by atoms with Crippen LogP contribution < -0.4 is 0 Å². The first kappa shape index (κ1) is 16.6. The monoisotopic (exact) mass is 324 g/mol. The SMILES string of the molecule is CC(C)(C)c1ncc(C=CC(=O)N2CCOC(C(=O)O)C2)s1. The second-order valence-electron chi connectivity index (χ2n) is 6.13. The van der Waals surface area contributed by atoms with Crippen LogP contribution in [0.25, 0.3) is 6.08 Å². The number of rotatable bonds is 3. The largest absolute Gasteiger partial charge is 0.479 e. The molecule has 22 heavy (non-hydrogen) atoms. The van der Waals surface area contributed by atoms with Gasteiger partial charge in [0, 0.05) is 29.1 Å². The zero-order valence-corrected chi connectivity index (χ0v) is 13.7. The molecule has 7 heteroatoms. The standard InChI is InChI=1S/C15H20N2O4S/c1-15(2,3)14-16-8-10(22-14)4-5-12(18)17-6-7-21-11(9-17)13(19)20/h4-5,8,11H,6-7,9H2,1-3H3,(H,19,20). The molecule has 2 heterocycles. The average molecular weight is 324 g/mol. The van der Waals surface area contributed by atoms with Gasteiger partial charge in [0.25, 0.3) is 0 Å². The lowest BCUT2D eigenvalue weighted by atomic mass is 9.98. The molecule has 1 aliphatic heterocycles. The Bertz CT molecular complexity index is 589. The lowest BCUT2D eigenvalue weighted by molar-refractivity contribution is -0.158. The van der Waals surface area contributed by atoms with Crippen LogP contribution in [0.15, 0.2) is 12.3 Å². The maximum Gasteiger partial charge on any atom is 0.334 e. The summed E-state index contributed by atoms with van der Waals surface area (Å²) in [5.41, 5.74) is -0.0142. The molecule has 1 fully saturated rings. The van der Waals surface area contributed by atoms with Crippen LogP contribution in [0.4, 0.5) is 0 Å². The molecule has 6 nitrogen and oxygen atoms in total. The number of carbonyl (C=O) groups is 2. The van der Waals surface area contributed by atoms with Crippen LogP contribution in [-0.2, 0) is 19.7 Å². The summed E-state index contributed by atoms with van der Waals surface area (Å²) in [6.07, 6.45) is 3.99. The first-order valence-electron chi connectivity index (χ1n) is 7.05. The van der Waals surface area contributed by atoms with Gasteiger partial charge in [-0.25, -0.2) is 9.78 Å². The summed E-state index contributed by atoms with van der Waals surface area (Å²) in [4.78, 5) is 29.8. The Balaban J connectivity index is 1.99. The van der Waals surface area contributed by atoms with E-state index in [2.05, 4.69) is 25.8 Å². The van der Waals surface area contributed by atoms with Gasteiger partial charge in [0.1, 0.15) is 0 Å². The van der Waals surface area contributed by atoms with E-state index in [4.69, 9.17) is 9.84 Å². The maximum atomic E-state index is 12.1. The molecule has 1 aliphatic rings. The van der Waals surface area contributed by atoms with E-state index in [-0.39, 0.29) is 24.5 Å². The smallest absolute Gasteiger partial charge is 0.334 e. The van der Waals surface area contributed by atoms with Crippen molar-refractivity contribution < 1.29 is 19.4 Å². The zero-order valence-electron chi connectivity index (χ0n) is 12.9. The Morgan fingerprint density at radius 1 is 1.50 bits per heavy atom. The molecule has 1 aromatic heterocycles. The van der Waals surface area contributed by atoms with Crippen LogP contribution in [0.3, 0.4) is 0 Å². The number of aromatic nitrogens is 1. The zero-order chi connectivity index (χ0) is 16.3. The highest BCUT2D eigenvalue weighted by molar-refractivity contribution is 7.12. The van der Waals surface area contributed by atoms with Gasteiger partial charge in [0.2, 0.25) is 5.91 Å². The highest BCUT2D eigenvalue weighted by Gasteiger charge is 2.28. The summed E-state index contributed by atoms with van der Waals surface area (Å²) in [6.45, 7) is 6.99. The summed E-state index contributed by atoms with van der Waals surface area (Å²) in [7, 11) is 0. The number of aliphatic carboxylic acids is 1. The maximum absolute atomic E-state index is 12.1. The minimum Gasteiger partial charge on any atom is -0.479 e. The number of amides is 1. The minimum absolute atomic E-state index is 0.0142. The van der Waals surface area contributed by atoms with Gasteiger partial charge in [0.05, 0.1) is 18.2 Å². The summed E-state index contributed by atoms with van der Waals surface area (Å²) >= 11 is 1.55. The molecule has 0 bridgehead atoms. The molecular weight excluding hydrogens is 304 g/mol. The highest BCUT2D eigenvalue weighted by atomic mass is 32.1. The Kier molecular flexibility index (Phi) is 4.97. The van der Waals surface area contributed by atoms with E-state index in [1.807, 2.05) is 0 Å². The molecule has 0 aliphatic carbocycles. The van der Waals surface area contributed by atoms with Crippen LogP contribution in [-0.4, -0.2) is 52.7 Å². The van der Waals surface area contributed by atoms with Crippen molar-refractivity contribution in [2.24, 2.45) is 0 Å². The van der Waals surface area contributed by atoms with Crippen molar-refractivity contribution in [3.63, 3.8) is 0 Å². The van der Waals surface area contributed by atoms with Crippen LogP contribution in [0.5, 0.6) is 0 Å². The van der Waals surface area contributed by atoms with Crippen LogP contribution in [0.1, 0.15) is 30.7 Å². The molecular formula is C15H20N2O4S. The molecule has 0 aromatic carbocycles. The van der Waals surface area contributed by atoms with Gasteiger partial charge in [-0.2, -0.15) is 0 Å². The van der Waals surface area contributed by atoms with E-state index in [0.717, 1.165) is 9.88 Å². The van der Waals surface area contributed by atoms with Crippen molar-refractivity contribution in [1.82, 2.24) is 9.88 Å². The highest BCUT2D eigenvalue weighted by Crippen LogP contribution is 2.27. The first-order chi connectivity index (χ1) is 10.3. The Morgan fingerprint density at radius 2 is 2.23 bits per heavy atom. The fraction of sp³-hybridized carbons (Fsp3) is 0.533. The van der Waals surface area contributed by atoms with E-state index in [1.54, 1.807) is 23.6 Å². The number of hydrogen-bond acceptors (Lipinski definition) is 5. The number of morpholine rings is 1. The van der Waals surface area contributed by atoms with Gasteiger partial charge >= 0.3 is 5.97 Å². The summed E-state index contributed by atoms with van der Waals surface area (Å²) in [6, 6.07) is 0. The van der Waals surface area contributed by atoms with Gasteiger partial charge in [-0.15, -0.1) is 11.3 Å². The molecule has 120 valence electrons. The predicted octanol–water partition coefficient (Wildman–Crippen LogP) is 1.77. The van der Waals surface area contributed by atoms with Crippen molar-refractivity contribution >= 4 is 29.3 Å². The third-order valence-electron chi connectivity index (χ3n) is 3.21.